The lowest BCUT2D eigenvalue weighted by molar-refractivity contribution is -0.218. The summed E-state index contributed by atoms with van der Waals surface area (Å²) in [6.45, 7) is 12.2. The zero-order valence-corrected chi connectivity index (χ0v) is 23.8. The fourth-order valence-electron chi connectivity index (χ4n) is 6.40. The number of rotatable bonds is 7. The van der Waals surface area contributed by atoms with Crippen LogP contribution in [-0.4, -0.2) is 54.9 Å². The van der Waals surface area contributed by atoms with Gasteiger partial charge in [0, 0.05) is 44.1 Å². The Kier molecular flexibility index (Phi) is 8.99. The van der Waals surface area contributed by atoms with Crippen LogP contribution in [0.15, 0.2) is 23.5 Å². The second-order valence-corrected chi connectivity index (χ2v) is 11.3. The molecule has 9 nitrogen and oxygen atoms in total. The highest BCUT2D eigenvalue weighted by molar-refractivity contribution is 5.76. The molecule has 0 spiro atoms. The van der Waals surface area contributed by atoms with Gasteiger partial charge >= 0.3 is 23.9 Å². The standard InChI is InChI=1S/C29H42O9/c1-9-10-24(32)37-22-12-14-28(6)13-11-20(16(2)27(33)34-8)26(38-28)25-17(3)21(35-18(4)30)15-23(29(22,25)7)36-19(5)31/h11,13,16-17,21-23,25H,9-10,12,14-15H2,1-8H3/t16?,17?,21?,22-,23?,25?,28+,29+/m1/s1. The minimum atomic E-state index is -0.936. The first kappa shape index (κ1) is 29.7. The Morgan fingerprint density at radius 3 is 2.32 bits per heavy atom. The molecule has 1 saturated carbocycles. The van der Waals surface area contributed by atoms with Gasteiger partial charge < -0.3 is 23.7 Å². The minimum absolute atomic E-state index is 0.247. The van der Waals surface area contributed by atoms with Crippen LogP contribution in [0.3, 0.4) is 0 Å². The van der Waals surface area contributed by atoms with E-state index >= 15 is 0 Å². The summed E-state index contributed by atoms with van der Waals surface area (Å²) in [5, 5.41) is 0. The highest BCUT2D eigenvalue weighted by Crippen LogP contribution is 2.58. The fraction of sp³-hybridized carbons (Fsp3) is 0.724. The second-order valence-electron chi connectivity index (χ2n) is 11.3. The normalized spacial score (nSPS) is 35.0. The van der Waals surface area contributed by atoms with Gasteiger partial charge in [-0.05, 0) is 39.2 Å². The van der Waals surface area contributed by atoms with E-state index < -0.39 is 59.1 Å². The van der Waals surface area contributed by atoms with Gasteiger partial charge in [-0.2, -0.15) is 0 Å². The van der Waals surface area contributed by atoms with Crippen LogP contribution < -0.4 is 0 Å². The number of hydrogen-bond donors (Lipinski definition) is 0. The van der Waals surface area contributed by atoms with Gasteiger partial charge in [0.15, 0.2) is 0 Å². The summed E-state index contributed by atoms with van der Waals surface area (Å²) < 4.78 is 29.6. The van der Waals surface area contributed by atoms with E-state index in [0.717, 1.165) is 0 Å². The van der Waals surface area contributed by atoms with Crippen LogP contribution in [0.5, 0.6) is 0 Å². The number of esters is 4. The van der Waals surface area contributed by atoms with Crippen LogP contribution in [0.2, 0.25) is 0 Å². The summed E-state index contributed by atoms with van der Waals surface area (Å²) in [6.07, 6.45) is 4.05. The highest BCUT2D eigenvalue weighted by atomic mass is 16.6. The molecule has 2 fully saturated rings. The lowest BCUT2D eigenvalue weighted by Gasteiger charge is -2.57. The van der Waals surface area contributed by atoms with Gasteiger partial charge in [-0.3, -0.25) is 19.2 Å². The zero-order chi connectivity index (χ0) is 28.4. The van der Waals surface area contributed by atoms with E-state index in [-0.39, 0.29) is 24.7 Å². The first-order valence-corrected chi connectivity index (χ1v) is 13.5. The molecule has 212 valence electrons. The van der Waals surface area contributed by atoms with Gasteiger partial charge in [0.1, 0.15) is 29.7 Å². The average molecular weight is 535 g/mol. The number of allylic oxidation sites excluding steroid dienone is 2. The third-order valence-corrected chi connectivity index (χ3v) is 8.42. The van der Waals surface area contributed by atoms with Crippen molar-refractivity contribution in [3.8, 4) is 0 Å². The van der Waals surface area contributed by atoms with Crippen molar-refractivity contribution in [2.75, 3.05) is 7.11 Å². The van der Waals surface area contributed by atoms with E-state index in [9.17, 15) is 19.2 Å². The molecule has 2 bridgehead atoms. The number of fused-ring (bicyclic) bond motifs is 4. The van der Waals surface area contributed by atoms with Gasteiger partial charge in [-0.15, -0.1) is 0 Å². The third kappa shape index (κ3) is 5.76. The molecular formula is C29H42O9. The Labute approximate surface area is 225 Å². The maximum absolute atomic E-state index is 12.9. The van der Waals surface area contributed by atoms with E-state index in [1.807, 2.05) is 39.8 Å². The molecule has 0 radical (unpaired) electrons. The number of hydrogen-bond acceptors (Lipinski definition) is 9. The Balaban J connectivity index is 2.29. The summed E-state index contributed by atoms with van der Waals surface area (Å²) >= 11 is 0. The number of carbonyl (C=O) groups excluding carboxylic acids is 4. The van der Waals surface area contributed by atoms with Crippen LogP contribution in [0.1, 0.15) is 80.6 Å². The molecule has 38 heavy (non-hydrogen) atoms. The maximum Gasteiger partial charge on any atom is 0.312 e. The van der Waals surface area contributed by atoms with Gasteiger partial charge in [-0.25, -0.2) is 0 Å². The quantitative estimate of drug-likeness (QED) is 0.346. The van der Waals surface area contributed by atoms with Crippen molar-refractivity contribution in [2.24, 2.45) is 23.2 Å². The van der Waals surface area contributed by atoms with E-state index in [2.05, 4.69) is 0 Å². The third-order valence-electron chi connectivity index (χ3n) is 8.42. The molecule has 1 aliphatic carbocycles. The summed E-state index contributed by atoms with van der Waals surface area (Å²) in [5.41, 5.74) is -1.01. The number of carbonyl (C=O) groups is 4. The Hall–Kier alpha value is -2.84. The van der Waals surface area contributed by atoms with Crippen molar-refractivity contribution in [3.05, 3.63) is 23.5 Å². The molecule has 5 unspecified atom stereocenters. The monoisotopic (exact) mass is 534 g/mol. The van der Waals surface area contributed by atoms with E-state index in [1.54, 1.807) is 6.92 Å². The molecule has 9 heteroatoms. The second kappa shape index (κ2) is 11.5. The van der Waals surface area contributed by atoms with Crippen LogP contribution in [0, 0.1) is 23.2 Å². The topological polar surface area (TPSA) is 114 Å². The molecule has 0 amide bonds. The Morgan fingerprint density at radius 1 is 1.08 bits per heavy atom. The lowest BCUT2D eigenvalue weighted by Crippen LogP contribution is -2.62. The van der Waals surface area contributed by atoms with Crippen LogP contribution in [0.4, 0.5) is 0 Å². The van der Waals surface area contributed by atoms with Crippen molar-refractivity contribution in [2.45, 2.75) is 104 Å². The molecule has 0 aromatic carbocycles. The van der Waals surface area contributed by atoms with Crippen molar-refractivity contribution >= 4 is 23.9 Å². The molecule has 0 aromatic heterocycles. The Bertz CT molecular complexity index is 1010. The highest BCUT2D eigenvalue weighted by Gasteiger charge is 2.62. The fourth-order valence-corrected chi connectivity index (χ4v) is 6.40. The van der Waals surface area contributed by atoms with Crippen LogP contribution in [0.25, 0.3) is 0 Å². The molecule has 8 atom stereocenters. The SMILES string of the molecule is CCCC(=O)O[C@@H]1CC[C@]2(C)C=CC(C(C)C(=O)OC)=C(O2)C2C(C)C(OC(C)=O)CC(OC(C)=O)[C@@]21C. The molecule has 2 heterocycles. The van der Waals surface area contributed by atoms with Crippen LogP contribution >= 0.6 is 0 Å². The molecule has 3 rings (SSSR count). The number of methoxy groups -OCH3 is 1. The van der Waals surface area contributed by atoms with Gasteiger partial charge in [-0.1, -0.05) is 26.8 Å². The molecular weight excluding hydrogens is 492 g/mol. The summed E-state index contributed by atoms with van der Waals surface area (Å²) in [6, 6.07) is 0. The molecule has 1 saturated heterocycles. The molecule has 3 aliphatic rings. The van der Waals surface area contributed by atoms with Crippen molar-refractivity contribution in [1.82, 2.24) is 0 Å². The van der Waals surface area contributed by atoms with Crippen LogP contribution in [-0.2, 0) is 42.9 Å². The van der Waals surface area contributed by atoms with Crippen molar-refractivity contribution in [3.63, 3.8) is 0 Å². The minimum Gasteiger partial charge on any atom is -0.487 e. The van der Waals surface area contributed by atoms with Crippen molar-refractivity contribution < 1.29 is 42.9 Å². The molecule has 2 aliphatic heterocycles. The zero-order valence-electron chi connectivity index (χ0n) is 23.8. The van der Waals surface area contributed by atoms with E-state index in [1.165, 1.54) is 21.0 Å². The predicted molar refractivity (Wildman–Crippen MR) is 137 cm³/mol. The van der Waals surface area contributed by atoms with Gasteiger partial charge in [0.25, 0.3) is 0 Å². The van der Waals surface area contributed by atoms with E-state index in [4.69, 9.17) is 23.7 Å². The Morgan fingerprint density at radius 2 is 1.74 bits per heavy atom. The molecule has 0 aromatic rings. The summed E-state index contributed by atoms with van der Waals surface area (Å²) in [4.78, 5) is 49.9. The first-order chi connectivity index (χ1) is 17.8. The lowest BCUT2D eigenvalue weighted by atomic mass is 9.55. The first-order valence-electron chi connectivity index (χ1n) is 13.5. The number of ether oxygens (including phenoxy) is 5. The smallest absolute Gasteiger partial charge is 0.312 e. The van der Waals surface area contributed by atoms with Crippen molar-refractivity contribution in [1.29, 1.82) is 0 Å². The summed E-state index contributed by atoms with van der Waals surface area (Å²) in [7, 11) is 1.34. The van der Waals surface area contributed by atoms with Gasteiger partial charge in [0.05, 0.1) is 18.4 Å². The largest absolute Gasteiger partial charge is 0.487 e. The molecule has 0 N–H and O–H groups in total. The predicted octanol–water partition coefficient (Wildman–Crippen LogP) is 4.43. The maximum atomic E-state index is 12.9. The van der Waals surface area contributed by atoms with E-state index in [0.29, 0.717) is 30.6 Å². The summed E-state index contributed by atoms with van der Waals surface area (Å²) in [5.74, 6) is -2.60. The average Bonchev–Trinajstić information content (AvgIpc) is 2.83. The van der Waals surface area contributed by atoms with Gasteiger partial charge in [0.2, 0.25) is 0 Å².